The van der Waals surface area contributed by atoms with Crippen LogP contribution in [-0.2, 0) is 10.0 Å². The maximum Gasteiger partial charge on any atom is 0.278 e. The third kappa shape index (κ3) is 3.90. The van der Waals surface area contributed by atoms with Gasteiger partial charge in [0.25, 0.3) is 10.0 Å². The third-order valence-corrected chi connectivity index (χ3v) is 5.55. The summed E-state index contributed by atoms with van der Waals surface area (Å²) in [4.78, 5) is 1.38. The highest BCUT2D eigenvalue weighted by Gasteiger charge is 2.18. The highest BCUT2D eigenvalue weighted by molar-refractivity contribution is 7.98. The maximum atomic E-state index is 12.4. The first-order valence-electron chi connectivity index (χ1n) is 6.67. The molecule has 0 aliphatic carbocycles. The van der Waals surface area contributed by atoms with Crippen LogP contribution in [0.4, 0.5) is 0 Å². The Kier molecular flexibility index (Phi) is 5.26. The number of aryl methyl sites for hydroxylation is 1. The molecule has 0 saturated carbocycles. The molecule has 0 N–H and O–H groups in total. The van der Waals surface area contributed by atoms with E-state index < -0.39 is 10.0 Å². The molecule has 22 heavy (non-hydrogen) atoms. The Balaban J connectivity index is 2.17. The van der Waals surface area contributed by atoms with E-state index in [4.69, 9.17) is 0 Å². The van der Waals surface area contributed by atoms with E-state index in [2.05, 4.69) is 5.10 Å². The van der Waals surface area contributed by atoms with E-state index in [0.29, 0.717) is 0 Å². The molecule has 6 heteroatoms. The molecule has 0 radical (unpaired) electrons. The van der Waals surface area contributed by atoms with Gasteiger partial charge in [-0.15, -0.1) is 11.8 Å². The molecule has 0 heterocycles. The van der Waals surface area contributed by atoms with E-state index in [1.165, 1.54) is 13.3 Å². The zero-order chi connectivity index (χ0) is 16.2. The van der Waals surface area contributed by atoms with Crippen molar-refractivity contribution in [1.29, 1.82) is 0 Å². The summed E-state index contributed by atoms with van der Waals surface area (Å²) in [5.41, 5.74) is 1.86. The molecule has 0 atom stereocenters. The van der Waals surface area contributed by atoms with Gasteiger partial charge in [-0.05, 0) is 43.0 Å². The molecule has 0 saturated heterocycles. The number of thioether (sulfide) groups is 1. The summed E-state index contributed by atoms with van der Waals surface area (Å²) in [6.45, 7) is 1.91. The molecule has 0 unspecified atom stereocenters. The standard InChI is InChI=1S/C16H18N2O2S2/c1-13-4-10-16(11-5-13)22(19,20)18(2)17-12-14-6-8-15(21-3)9-7-14/h4-12H,1-3H3/b17-12-. The van der Waals surface area contributed by atoms with Crippen LogP contribution < -0.4 is 0 Å². The number of hydrogen-bond donors (Lipinski definition) is 0. The number of benzene rings is 2. The van der Waals surface area contributed by atoms with E-state index in [1.807, 2.05) is 37.4 Å². The number of rotatable bonds is 5. The second-order valence-electron chi connectivity index (χ2n) is 4.77. The fraction of sp³-hybridized carbons (Fsp3) is 0.188. The van der Waals surface area contributed by atoms with Crippen LogP contribution >= 0.6 is 11.8 Å². The third-order valence-electron chi connectivity index (χ3n) is 3.15. The van der Waals surface area contributed by atoms with Crippen LogP contribution in [0, 0.1) is 6.92 Å². The summed E-state index contributed by atoms with van der Waals surface area (Å²) in [7, 11) is -2.17. The van der Waals surface area contributed by atoms with Crippen molar-refractivity contribution in [2.75, 3.05) is 13.3 Å². The number of sulfonamides is 1. The molecule has 2 aromatic rings. The van der Waals surface area contributed by atoms with Crippen molar-refractivity contribution in [2.45, 2.75) is 16.7 Å². The van der Waals surface area contributed by atoms with Gasteiger partial charge in [-0.2, -0.15) is 17.9 Å². The largest absolute Gasteiger partial charge is 0.278 e. The summed E-state index contributed by atoms with van der Waals surface area (Å²) in [5, 5.41) is 4.03. The SMILES string of the molecule is CSc1ccc(/C=N\N(C)S(=O)(=O)c2ccc(C)cc2)cc1. The Bertz CT molecular complexity index is 752. The van der Waals surface area contributed by atoms with Crippen LogP contribution in [0.5, 0.6) is 0 Å². The zero-order valence-corrected chi connectivity index (χ0v) is 14.4. The van der Waals surface area contributed by atoms with Crippen molar-refractivity contribution in [3.63, 3.8) is 0 Å². The Morgan fingerprint density at radius 3 is 2.18 bits per heavy atom. The zero-order valence-electron chi connectivity index (χ0n) is 12.7. The van der Waals surface area contributed by atoms with Crippen molar-refractivity contribution in [3.8, 4) is 0 Å². The molecule has 0 spiro atoms. The fourth-order valence-electron chi connectivity index (χ4n) is 1.76. The van der Waals surface area contributed by atoms with Gasteiger partial charge in [0.2, 0.25) is 0 Å². The predicted octanol–water partition coefficient (Wildman–Crippen LogP) is 3.37. The van der Waals surface area contributed by atoms with Gasteiger partial charge in [0, 0.05) is 11.9 Å². The molecule has 0 fully saturated rings. The lowest BCUT2D eigenvalue weighted by Gasteiger charge is -2.13. The van der Waals surface area contributed by atoms with Crippen LogP contribution in [0.2, 0.25) is 0 Å². The molecule has 4 nitrogen and oxygen atoms in total. The quantitative estimate of drug-likeness (QED) is 0.478. The van der Waals surface area contributed by atoms with Gasteiger partial charge < -0.3 is 0 Å². The smallest absolute Gasteiger partial charge is 0.200 e. The first-order chi connectivity index (χ1) is 10.4. The van der Waals surface area contributed by atoms with E-state index >= 15 is 0 Å². The van der Waals surface area contributed by atoms with Crippen LogP contribution in [0.25, 0.3) is 0 Å². The van der Waals surface area contributed by atoms with Crippen molar-refractivity contribution in [3.05, 3.63) is 59.7 Å². The summed E-state index contributed by atoms with van der Waals surface area (Å²) in [5.74, 6) is 0. The normalized spacial score (nSPS) is 11.8. The fourth-order valence-corrected chi connectivity index (χ4v) is 3.13. The average Bonchev–Trinajstić information content (AvgIpc) is 2.53. The van der Waals surface area contributed by atoms with Crippen LogP contribution in [0.15, 0.2) is 63.4 Å². The van der Waals surface area contributed by atoms with Gasteiger partial charge in [0.15, 0.2) is 0 Å². The van der Waals surface area contributed by atoms with Crippen LogP contribution in [0.1, 0.15) is 11.1 Å². The molecule has 2 aromatic carbocycles. The maximum absolute atomic E-state index is 12.4. The van der Waals surface area contributed by atoms with E-state index in [9.17, 15) is 8.42 Å². The Hall–Kier alpha value is -1.79. The van der Waals surface area contributed by atoms with Gasteiger partial charge in [0.05, 0.1) is 11.1 Å². The molecule has 0 bridgehead atoms. The summed E-state index contributed by atoms with van der Waals surface area (Å²) in [6.07, 6.45) is 3.54. The lowest BCUT2D eigenvalue weighted by atomic mass is 10.2. The van der Waals surface area contributed by atoms with E-state index in [0.717, 1.165) is 20.4 Å². The Labute approximate surface area is 135 Å². The molecule has 0 amide bonds. The topological polar surface area (TPSA) is 49.7 Å². The minimum Gasteiger partial charge on any atom is -0.200 e. The Morgan fingerprint density at radius 2 is 1.64 bits per heavy atom. The monoisotopic (exact) mass is 334 g/mol. The van der Waals surface area contributed by atoms with E-state index in [-0.39, 0.29) is 4.90 Å². The lowest BCUT2D eigenvalue weighted by molar-refractivity contribution is 0.491. The van der Waals surface area contributed by atoms with Gasteiger partial charge in [-0.1, -0.05) is 29.8 Å². The molecular weight excluding hydrogens is 316 g/mol. The molecule has 0 aliphatic rings. The minimum absolute atomic E-state index is 0.232. The first kappa shape index (κ1) is 16.6. The molecule has 116 valence electrons. The van der Waals surface area contributed by atoms with Gasteiger partial charge in [0.1, 0.15) is 0 Å². The lowest BCUT2D eigenvalue weighted by Crippen LogP contribution is -2.21. The second-order valence-corrected chi connectivity index (χ2v) is 7.60. The number of hydrazone groups is 1. The molecule has 0 aliphatic heterocycles. The van der Waals surface area contributed by atoms with Crippen molar-refractivity contribution in [2.24, 2.45) is 5.10 Å². The van der Waals surface area contributed by atoms with Gasteiger partial charge in [-0.25, -0.2) is 0 Å². The average molecular weight is 334 g/mol. The van der Waals surface area contributed by atoms with Crippen molar-refractivity contribution < 1.29 is 8.42 Å². The van der Waals surface area contributed by atoms with Crippen molar-refractivity contribution >= 4 is 28.0 Å². The highest BCUT2D eigenvalue weighted by Crippen LogP contribution is 2.16. The minimum atomic E-state index is -3.61. The number of nitrogens with zero attached hydrogens (tertiary/aromatic N) is 2. The molecular formula is C16H18N2O2S2. The summed E-state index contributed by atoms with van der Waals surface area (Å²) in [6, 6.07) is 14.5. The second kappa shape index (κ2) is 6.98. The molecule has 2 rings (SSSR count). The van der Waals surface area contributed by atoms with Gasteiger partial charge in [-0.3, -0.25) is 0 Å². The van der Waals surface area contributed by atoms with Crippen LogP contribution in [0.3, 0.4) is 0 Å². The first-order valence-corrected chi connectivity index (χ1v) is 9.33. The van der Waals surface area contributed by atoms with Crippen molar-refractivity contribution in [1.82, 2.24) is 4.41 Å². The highest BCUT2D eigenvalue weighted by atomic mass is 32.2. The van der Waals surface area contributed by atoms with Crippen LogP contribution in [-0.4, -0.2) is 32.4 Å². The Morgan fingerprint density at radius 1 is 1.05 bits per heavy atom. The predicted molar refractivity (Wildman–Crippen MR) is 91.9 cm³/mol. The van der Waals surface area contributed by atoms with E-state index in [1.54, 1.807) is 36.0 Å². The van der Waals surface area contributed by atoms with Gasteiger partial charge >= 0.3 is 0 Å². The molecule has 0 aromatic heterocycles. The summed E-state index contributed by atoms with van der Waals surface area (Å²) >= 11 is 1.65. The number of hydrogen-bond acceptors (Lipinski definition) is 4. The summed E-state index contributed by atoms with van der Waals surface area (Å²) < 4.78 is 25.7.